The van der Waals surface area contributed by atoms with E-state index >= 15 is 0 Å². The largest absolute Gasteiger partial charge is 0.366 e. The molecule has 27 heavy (non-hydrogen) atoms. The lowest BCUT2D eigenvalue weighted by Gasteiger charge is -2.22. The van der Waals surface area contributed by atoms with Crippen LogP contribution in [-0.2, 0) is 0 Å². The smallest absolute Gasteiger partial charge is 0.250 e. The molecule has 0 aliphatic carbocycles. The van der Waals surface area contributed by atoms with Crippen LogP contribution in [0.15, 0.2) is 42.5 Å². The summed E-state index contributed by atoms with van der Waals surface area (Å²) in [6.45, 7) is 3.25. The second-order valence-corrected chi connectivity index (χ2v) is 6.76. The number of hydrogen-bond donors (Lipinski definition) is 3. The number of nitrogens with one attached hydrogen (secondary N) is 2. The lowest BCUT2D eigenvalue weighted by atomic mass is 9.94. The number of aromatic nitrogens is 2. The minimum absolute atomic E-state index is 0.0292. The molecule has 0 spiro atoms. The molecule has 1 fully saturated rings. The number of amides is 1. The molecule has 1 aromatic heterocycles. The molecule has 4 N–H and O–H groups in total. The first-order valence-corrected chi connectivity index (χ1v) is 8.83. The Hall–Kier alpha value is -3.06. The Bertz CT molecular complexity index is 1020. The molecule has 7 heteroatoms. The van der Waals surface area contributed by atoms with Gasteiger partial charge < -0.3 is 16.4 Å². The van der Waals surface area contributed by atoms with Crippen molar-refractivity contribution in [2.75, 3.05) is 18.4 Å². The van der Waals surface area contributed by atoms with Crippen molar-refractivity contribution in [2.45, 2.75) is 18.9 Å². The Morgan fingerprint density at radius 3 is 2.81 bits per heavy atom. The Balaban J connectivity index is 1.73. The number of fused-ring (bicyclic) bond motifs is 1. The van der Waals surface area contributed by atoms with Gasteiger partial charge >= 0.3 is 0 Å². The van der Waals surface area contributed by atoms with E-state index in [1.807, 2.05) is 12.1 Å². The monoisotopic (exact) mass is 365 g/mol. The molecule has 2 heterocycles. The van der Waals surface area contributed by atoms with Crippen LogP contribution in [0.3, 0.4) is 0 Å². The maximum absolute atomic E-state index is 13.7. The average Bonchev–Trinajstić information content (AvgIpc) is 3.09. The summed E-state index contributed by atoms with van der Waals surface area (Å²) in [7, 11) is 0. The zero-order valence-corrected chi connectivity index (χ0v) is 14.9. The first-order chi connectivity index (χ1) is 13.0. The third-order valence-corrected chi connectivity index (χ3v) is 4.92. The van der Waals surface area contributed by atoms with Crippen LogP contribution in [-0.4, -0.2) is 35.0 Å². The van der Waals surface area contributed by atoms with Crippen molar-refractivity contribution in [3.63, 3.8) is 0 Å². The number of nitrogens with zero attached hydrogens (tertiary/aromatic N) is 2. The summed E-state index contributed by atoms with van der Waals surface area (Å²) in [6, 6.07) is 12.0. The molecule has 4 rings (SSSR count). The number of anilines is 1. The highest BCUT2D eigenvalue weighted by Gasteiger charge is 2.29. The number of para-hydroxylation sites is 1. The van der Waals surface area contributed by atoms with Gasteiger partial charge in [0.1, 0.15) is 17.5 Å². The predicted molar refractivity (Wildman–Crippen MR) is 102 cm³/mol. The Morgan fingerprint density at radius 1 is 1.22 bits per heavy atom. The van der Waals surface area contributed by atoms with E-state index in [1.54, 1.807) is 31.2 Å². The summed E-state index contributed by atoms with van der Waals surface area (Å²) in [6.07, 6.45) is 0. The highest BCUT2D eigenvalue weighted by Crippen LogP contribution is 2.29. The van der Waals surface area contributed by atoms with Gasteiger partial charge in [-0.1, -0.05) is 18.2 Å². The van der Waals surface area contributed by atoms with Gasteiger partial charge in [-0.2, -0.15) is 0 Å². The fourth-order valence-corrected chi connectivity index (χ4v) is 3.67. The summed E-state index contributed by atoms with van der Waals surface area (Å²) >= 11 is 0. The Morgan fingerprint density at radius 2 is 2.04 bits per heavy atom. The number of carbonyl (C=O) groups is 1. The molecule has 1 amide bonds. The fourth-order valence-electron chi connectivity index (χ4n) is 3.67. The van der Waals surface area contributed by atoms with Gasteiger partial charge in [-0.15, -0.1) is 0 Å². The van der Waals surface area contributed by atoms with Crippen LogP contribution in [0.25, 0.3) is 10.9 Å². The third kappa shape index (κ3) is 3.33. The highest BCUT2D eigenvalue weighted by atomic mass is 19.1. The predicted octanol–water partition coefficient (Wildman–Crippen LogP) is 2.34. The Labute approximate surface area is 156 Å². The van der Waals surface area contributed by atoms with Crippen LogP contribution in [0.2, 0.25) is 0 Å². The van der Waals surface area contributed by atoms with E-state index < -0.39 is 5.91 Å². The molecule has 0 bridgehead atoms. The van der Waals surface area contributed by atoms with E-state index in [9.17, 15) is 9.18 Å². The first-order valence-electron chi connectivity index (χ1n) is 8.83. The van der Waals surface area contributed by atoms with E-state index in [-0.39, 0.29) is 17.8 Å². The minimum atomic E-state index is -0.523. The molecule has 138 valence electrons. The number of hydrogen-bond acceptors (Lipinski definition) is 5. The van der Waals surface area contributed by atoms with Crippen molar-refractivity contribution in [3.05, 3.63) is 65.2 Å². The molecular formula is C20H20FN5O. The highest BCUT2D eigenvalue weighted by molar-refractivity contribution is 6.07. The number of halogens is 1. The van der Waals surface area contributed by atoms with Crippen molar-refractivity contribution < 1.29 is 9.18 Å². The first kappa shape index (κ1) is 17.4. The number of aryl methyl sites for hydroxylation is 1. The second kappa shape index (κ2) is 6.92. The third-order valence-electron chi connectivity index (χ3n) is 4.92. The number of carbonyl (C=O) groups excluding carboxylic acids is 1. The van der Waals surface area contributed by atoms with Crippen molar-refractivity contribution in [1.82, 2.24) is 15.3 Å². The maximum atomic E-state index is 13.7. The number of nitrogens with two attached hydrogens (primary N) is 1. The normalized spacial score (nSPS) is 19.3. The lowest BCUT2D eigenvalue weighted by molar-refractivity contribution is 0.100. The van der Waals surface area contributed by atoms with E-state index in [0.29, 0.717) is 22.7 Å². The molecule has 1 aliphatic heterocycles. The molecular weight excluding hydrogens is 345 g/mol. The van der Waals surface area contributed by atoms with E-state index in [2.05, 4.69) is 20.6 Å². The van der Waals surface area contributed by atoms with Gasteiger partial charge in [0.05, 0.1) is 11.1 Å². The van der Waals surface area contributed by atoms with E-state index in [0.717, 1.165) is 24.0 Å². The molecule has 1 saturated heterocycles. The Kier molecular flexibility index (Phi) is 4.45. The van der Waals surface area contributed by atoms with Crippen molar-refractivity contribution >= 4 is 22.6 Å². The van der Waals surface area contributed by atoms with Crippen LogP contribution in [0.5, 0.6) is 0 Å². The summed E-state index contributed by atoms with van der Waals surface area (Å²) in [5.74, 6) is 0.533. The zero-order valence-electron chi connectivity index (χ0n) is 14.9. The molecule has 6 nitrogen and oxygen atoms in total. The minimum Gasteiger partial charge on any atom is -0.366 e. The van der Waals surface area contributed by atoms with Crippen molar-refractivity contribution in [1.29, 1.82) is 0 Å². The molecule has 1 aliphatic rings. The molecule has 3 aromatic rings. The van der Waals surface area contributed by atoms with Gasteiger partial charge in [-0.3, -0.25) is 4.79 Å². The topological polar surface area (TPSA) is 92.9 Å². The van der Waals surface area contributed by atoms with Gasteiger partial charge in [0, 0.05) is 30.4 Å². The molecule has 2 aromatic carbocycles. The van der Waals surface area contributed by atoms with Crippen molar-refractivity contribution in [2.24, 2.45) is 5.73 Å². The molecule has 0 unspecified atom stereocenters. The van der Waals surface area contributed by atoms with E-state index in [1.165, 1.54) is 6.07 Å². The second-order valence-electron chi connectivity index (χ2n) is 6.76. The summed E-state index contributed by atoms with van der Waals surface area (Å²) < 4.78 is 13.7. The number of benzene rings is 2. The molecule has 0 radical (unpaired) electrons. The fraction of sp³-hybridized carbons (Fsp3) is 0.250. The van der Waals surface area contributed by atoms with Crippen LogP contribution in [0, 0.1) is 12.7 Å². The molecule has 0 saturated carbocycles. The van der Waals surface area contributed by atoms with Gasteiger partial charge in [-0.25, -0.2) is 14.4 Å². The maximum Gasteiger partial charge on any atom is 0.250 e. The quantitative estimate of drug-likeness (QED) is 0.660. The van der Waals surface area contributed by atoms with Crippen molar-refractivity contribution in [3.8, 4) is 0 Å². The van der Waals surface area contributed by atoms with Crippen LogP contribution >= 0.6 is 0 Å². The number of rotatable bonds is 4. The summed E-state index contributed by atoms with van der Waals surface area (Å²) in [4.78, 5) is 20.7. The summed E-state index contributed by atoms with van der Waals surface area (Å²) in [5.41, 5.74) is 7.33. The van der Waals surface area contributed by atoms with Gasteiger partial charge in [0.2, 0.25) is 0 Å². The van der Waals surface area contributed by atoms with Gasteiger partial charge in [-0.05, 0) is 36.8 Å². The van der Waals surface area contributed by atoms with Crippen LogP contribution in [0.4, 0.5) is 10.2 Å². The standard InChI is InChI=1S/C20H20FN5O/c1-11-24-18-14(19(22)27)6-3-7-15(18)20(25-11)26-17-10-23-9-16(17)12-4-2-5-13(21)8-12/h2-8,16-17,23H,9-10H2,1H3,(H2,22,27)(H,24,25,26)/t16-,17+/m0/s1. The van der Waals surface area contributed by atoms with Gasteiger partial charge in [0.25, 0.3) is 5.91 Å². The zero-order chi connectivity index (χ0) is 19.0. The van der Waals surface area contributed by atoms with E-state index in [4.69, 9.17) is 5.73 Å². The van der Waals surface area contributed by atoms with Crippen LogP contribution in [0.1, 0.15) is 27.7 Å². The van der Waals surface area contributed by atoms with Gasteiger partial charge in [0.15, 0.2) is 0 Å². The number of primary amides is 1. The van der Waals surface area contributed by atoms with Crippen LogP contribution < -0.4 is 16.4 Å². The SMILES string of the molecule is Cc1nc(N[C@@H]2CNC[C@H]2c2cccc(F)c2)c2cccc(C(N)=O)c2n1. The summed E-state index contributed by atoms with van der Waals surface area (Å²) in [5, 5.41) is 7.56. The average molecular weight is 365 g/mol. The molecule has 2 atom stereocenters. The lowest BCUT2D eigenvalue weighted by Crippen LogP contribution is -2.28.